The van der Waals surface area contributed by atoms with Crippen LogP contribution in [-0.2, 0) is 4.74 Å². The van der Waals surface area contributed by atoms with Gasteiger partial charge in [0.05, 0.1) is 30.2 Å². The first-order valence-electron chi connectivity index (χ1n) is 7.93. The number of aliphatic hydroxyl groups excluding tert-OH is 1. The summed E-state index contributed by atoms with van der Waals surface area (Å²) in [4.78, 5) is 19.8. The van der Waals surface area contributed by atoms with Gasteiger partial charge in [0.25, 0.3) is 0 Å². The molecule has 0 unspecified atom stereocenters. The van der Waals surface area contributed by atoms with Gasteiger partial charge in [-0.3, -0.25) is 4.57 Å². The largest absolute Gasteiger partial charge is 0.478 e. The summed E-state index contributed by atoms with van der Waals surface area (Å²) in [6.45, 7) is 3.96. The molecule has 7 heteroatoms. The van der Waals surface area contributed by atoms with Gasteiger partial charge in [-0.15, -0.1) is 0 Å². The van der Waals surface area contributed by atoms with Gasteiger partial charge in [0.15, 0.2) is 5.65 Å². The Hall–Kier alpha value is -2.77. The zero-order valence-corrected chi connectivity index (χ0v) is 14.0. The van der Waals surface area contributed by atoms with Gasteiger partial charge in [0.1, 0.15) is 11.6 Å². The molecule has 1 aromatic carbocycles. The Balaban J connectivity index is 1.88. The van der Waals surface area contributed by atoms with Crippen molar-refractivity contribution in [1.82, 2.24) is 14.5 Å². The molecular weight excluding hydrogens is 322 g/mol. The van der Waals surface area contributed by atoms with Crippen LogP contribution >= 0.6 is 0 Å². The van der Waals surface area contributed by atoms with Crippen molar-refractivity contribution in [3.05, 3.63) is 54.0 Å². The lowest BCUT2D eigenvalue weighted by atomic mass is 10.2. The molecule has 0 aliphatic rings. The van der Waals surface area contributed by atoms with Crippen LogP contribution in [0.1, 0.15) is 36.0 Å². The Labute approximate surface area is 144 Å². The number of fused-ring (bicyclic) bond motifs is 1. The third kappa shape index (κ3) is 3.67. The highest BCUT2D eigenvalue weighted by molar-refractivity contribution is 5.87. The molecule has 7 nitrogen and oxygen atoms in total. The molecule has 0 radical (unpaired) electrons. The number of nitrogens with zero attached hydrogens (tertiary/aromatic N) is 3. The highest BCUT2D eigenvalue weighted by Crippen LogP contribution is 2.20. The SMILES string of the molecule is CC(C)OC[C@@H](O)c1cnc2c(ccn2-c2ccc(C(=O)O)cc2)n1. The van der Waals surface area contributed by atoms with E-state index in [0.717, 1.165) is 5.69 Å². The number of carboxylic acids is 1. The molecule has 0 saturated carbocycles. The fraction of sp³-hybridized carbons (Fsp3) is 0.278. The van der Waals surface area contributed by atoms with E-state index in [1.807, 2.05) is 18.4 Å². The summed E-state index contributed by atoms with van der Waals surface area (Å²) in [6, 6.07) is 8.30. The van der Waals surface area contributed by atoms with Crippen LogP contribution < -0.4 is 0 Å². The molecule has 0 aliphatic heterocycles. The number of benzene rings is 1. The molecule has 2 N–H and O–H groups in total. The number of ether oxygens (including phenoxy) is 1. The Morgan fingerprint density at radius 1 is 1.24 bits per heavy atom. The van der Waals surface area contributed by atoms with Crippen LogP contribution in [-0.4, -0.2) is 43.4 Å². The van der Waals surface area contributed by atoms with Gasteiger partial charge < -0.3 is 14.9 Å². The molecule has 0 bridgehead atoms. The monoisotopic (exact) mass is 341 g/mol. The van der Waals surface area contributed by atoms with Crippen molar-refractivity contribution in [3.8, 4) is 5.69 Å². The Kier molecular flexibility index (Phi) is 4.78. The van der Waals surface area contributed by atoms with Crippen molar-refractivity contribution in [3.63, 3.8) is 0 Å². The second kappa shape index (κ2) is 7.00. The number of carbonyl (C=O) groups is 1. The van der Waals surface area contributed by atoms with Crippen molar-refractivity contribution in [2.24, 2.45) is 0 Å². The fourth-order valence-corrected chi connectivity index (χ4v) is 2.43. The van der Waals surface area contributed by atoms with Crippen LogP contribution in [0.25, 0.3) is 16.9 Å². The van der Waals surface area contributed by atoms with Crippen LogP contribution in [0.5, 0.6) is 0 Å². The zero-order chi connectivity index (χ0) is 18.0. The lowest BCUT2D eigenvalue weighted by molar-refractivity contribution is 0.00326. The molecule has 2 aromatic heterocycles. The van der Waals surface area contributed by atoms with E-state index in [0.29, 0.717) is 16.9 Å². The Morgan fingerprint density at radius 2 is 1.96 bits per heavy atom. The average molecular weight is 341 g/mol. The summed E-state index contributed by atoms with van der Waals surface area (Å²) in [5, 5.41) is 19.1. The number of rotatable bonds is 6. The second-order valence-corrected chi connectivity index (χ2v) is 5.94. The Morgan fingerprint density at radius 3 is 2.60 bits per heavy atom. The molecule has 0 fully saturated rings. The molecule has 2 heterocycles. The zero-order valence-electron chi connectivity index (χ0n) is 14.0. The lowest BCUT2D eigenvalue weighted by Crippen LogP contribution is -2.13. The molecule has 0 spiro atoms. The normalized spacial score (nSPS) is 12.6. The summed E-state index contributed by atoms with van der Waals surface area (Å²) >= 11 is 0. The quantitative estimate of drug-likeness (QED) is 0.715. The van der Waals surface area contributed by atoms with Crippen molar-refractivity contribution < 1.29 is 19.7 Å². The first-order valence-corrected chi connectivity index (χ1v) is 7.93. The number of hydrogen-bond acceptors (Lipinski definition) is 5. The van der Waals surface area contributed by atoms with Crippen molar-refractivity contribution in [2.45, 2.75) is 26.1 Å². The van der Waals surface area contributed by atoms with E-state index in [2.05, 4.69) is 9.97 Å². The fourth-order valence-electron chi connectivity index (χ4n) is 2.43. The molecule has 130 valence electrons. The van der Waals surface area contributed by atoms with E-state index in [1.165, 1.54) is 18.3 Å². The van der Waals surface area contributed by atoms with Crippen LogP contribution in [0.4, 0.5) is 0 Å². The molecule has 3 rings (SSSR count). The first kappa shape index (κ1) is 17.1. The van der Waals surface area contributed by atoms with Gasteiger partial charge in [-0.05, 0) is 44.2 Å². The van der Waals surface area contributed by atoms with Crippen LogP contribution in [0.3, 0.4) is 0 Å². The van der Waals surface area contributed by atoms with Crippen LogP contribution in [0.2, 0.25) is 0 Å². The maximum absolute atomic E-state index is 10.9. The molecule has 1 atom stereocenters. The number of aromatic carboxylic acids is 1. The van der Waals surface area contributed by atoms with Crippen LogP contribution in [0, 0.1) is 0 Å². The summed E-state index contributed by atoms with van der Waals surface area (Å²) in [5.74, 6) is -0.967. The van der Waals surface area contributed by atoms with Gasteiger partial charge >= 0.3 is 5.97 Å². The maximum Gasteiger partial charge on any atom is 0.335 e. The minimum absolute atomic E-state index is 0.0289. The minimum atomic E-state index is -0.967. The first-order chi connectivity index (χ1) is 12.0. The van der Waals surface area contributed by atoms with E-state index in [4.69, 9.17) is 9.84 Å². The van der Waals surface area contributed by atoms with Crippen molar-refractivity contribution in [1.29, 1.82) is 0 Å². The maximum atomic E-state index is 10.9. The van der Waals surface area contributed by atoms with E-state index >= 15 is 0 Å². The molecule has 3 aromatic rings. The average Bonchev–Trinajstić information content (AvgIpc) is 3.02. The predicted octanol–water partition coefficient (Wildman–Crippen LogP) is 2.58. The van der Waals surface area contributed by atoms with E-state index in [1.54, 1.807) is 24.4 Å². The molecule has 0 saturated heterocycles. The van der Waals surface area contributed by atoms with Gasteiger partial charge in [-0.25, -0.2) is 14.8 Å². The smallest absolute Gasteiger partial charge is 0.335 e. The van der Waals surface area contributed by atoms with E-state index in [-0.39, 0.29) is 18.3 Å². The summed E-state index contributed by atoms with van der Waals surface area (Å²) in [7, 11) is 0. The topological polar surface area (TPSA) is 97.5 Å². The number of aliphatic hydroxyl groups is 1. The van der Waals surface area contributed by atoms with Crippen molar-refractivity contribution >= 4 is 17.1 Å². The molecule has 0 amide bonds. The number of carboxylic acid groups (broad SMARTS) is 1. The van der Waals surface area contributed by atoms with Gasteiger partial charge in [0, 0.05) is 11.9 Å². The summed E-state index contributed by atoms with van der Waals surface area (Å²) in [5.41, 5.74) is 2.73. The number of aromatic nitrogens is 3. The van der Waals surface area contributed by atoms with Crippen molar-refractivity contribution in [2.75, 3.05) is 6.61 Å². The molecule has 0 aliphatic carbocycles. The second-order valence-electron chi connectivity index (χ2n) is 5.94. The molecular formula is C18H19N3O4. The van der Waals surface area contributed by atoms with Gasteiger partial charge in [-0.1, -0.05) is 0 Å². The van der Waals surface area contributed by atoms with Crippen LogP contribution in [0.15, 0.2) is 42.7 Å². The summed E-state index contributed by atoms with van der Waals surface area (Å²) < 4.78 is 7.22. The standard InChI is InChI=1S/C18H19N3O4/c1-11(2)25-10-16(22)15-9-19-17-14(20-15)7-8-21(17)13-5-3-12(4-6-13)18(23)24/h3-9,11,16,22H,10H2,1-2H3,(H,23,24)/t16-/m1/s1. The highest BCUT2D eigenvalue weighted by atomic mass is 16.5. The third-order valence-electron chi connectivity index (χ3n) is 3.73. The van der Waals surface area contributed by atoms with Gasteiger partial charge in [-0.2, -0.15) is 0 Å². The predicted molar refractivity (Wildman–Crippen MR) is 91.9 cm³/mol. The van der Waals surface area contributed by atoms with E-state index < -0.39 is 12.1 Å². The molecule has 25 heavy (non-hydrogen) atoms. The Bertz CT molecular complexity index is 887. The highest BCUT2D eigenvalue weighted by Gasteiger charge is 2.14. The van der Waals surface area contributed by atoms with E-state index in [9.17, 15) is 9.90 Å². The number of hydrogen-bond donors (Lipinski definition) is 2. The third-order valence-corrected chi connectivity index (χ3v) is 3.73. The lowest BCUT2D eigenvalue weighted by Gasteiger charge is -2.13. The summed E-state index contributed by atoms with van der Waals surface area (Å²) in [6.07, 6.45) is 2.53. The van der Waals surface area contributed by atoms with Gasteiger partial charge in [0.2, 0.25) is 0 Å². The minimum Gasteiger partial charge on any atom is -0.478 e.